The van der Waals surface area contributed by atoms with Gasteiger partial charge in [0.05, 0.1) is 13.2 Å². The number of benzene rings is 1. The summed E-state index contributed by atoms with van der Waals surface area (Å²) in [6.07, 6.45) is 2.38. The second-order valence-electron chi connectivity index (χ2n) is 4.15. The molecule has 1 aromatic rings. The maximum absolute atomic E-state index is 5.79. The van der Waals surface area contributed by atoms with Crippen molar-refractivity contribution >= 4 is 5.69 Å². The number of nitrogens with two attached hydrogens (primary N) is 1. The van der Waals surface area contributed by atoms with E-state index in [1.165, 1.54) is 18.4 Å². The van der Waals surface area contributed by atoms with E-state index in [0.717, 1.165) is 18.9 Å². The molecule has 2 rings (SSSR count). The van der Waals surface area contributed by atoms with Crippen molar-refractivity contribution in [1.29, 1.82) is 0 Å². The molecule has 0 saturated carbocycles. The molecule has 1 aliphatic heterocycles. The SMILES string of the molecule is CCCC1(c2cccc(N)c2)COC1. The zero-order valence-electron chi connectivity index (χ0n) is 8.62. The van der Waals surface area contributed by atoms with Crippen molar-refractivity contribution in [3.8, 4) is 0 Å². The largest absolute Gasteiger partial charge is 0.399 e. The molecule has 76 valence electrons. The van der Waals surface area contributed by atoms with Crippen molar-refractivity contribution in [2.45, 2.75) is 25.2 Å². The summed E-state index contributed by atoms with van der Waals surface area (Å²) in [6, 6.07) is 8.20. The fourth-order valence-electron chi connectivity index (χ4n) is 2.15. The number of hydrogen-bond donors (Lipinski definition) is 1. The lowest BCUT2D eigenvalue weighted by molar-refractivity contribution is -0.0646. The third kappa shape index (κ3) is 1.50. The van der Waals surface area contributed by atoms with Gasteiger partial charge in [0.25, 0.3) is 0 Å². The molecule has 0 amide bonds. The van der Waals surface area contributed by atoms with Gasteiger partial charge in [-0.05, 0) is 24.1 Å². The van der Waals surface area contributed by atoms with E-state index in [9.17, 15) is 0 Å². The molecule has 2 N–H and O–H groups in total. The fraction of sp³-hybridized carbons (Fsp3) is 0.500. The van der Waals surface area contributed by atoms with Crippen molar-refractivity contribution in [3.63, 3.8) is 0 Å². The second-order valence-corrected chi connectivity index (χ2v) is 4.15. The molecule has 1 saturated heterocycles. The second kappa shape index (κ2) is 3.62. The summed E-state index contributed by atoms with van der Waals surface area (Å²) in [5, 5.41) is 0. The summed E-state index contributed by atoms with van der Waals surface area (Å²) in [5.41, 5.74) is 8.23. The van der Waals surface area contributed by atoms with Crippen molar-refractivity contribution < 1.29 is 4.74 Å². The van der Waals surface area contributed by atoms with E-state index in [1.54, 1.807) is 0 Å². The quantitative estimate of drug-likeness (QED) is 0.744. The third-order valence-corrected chi connectivity index (χ3v) is 2.98. The fourth-order valence-corrected chi connectivity index (χ4v) is 2.15. The lowest BCUT2D eigenvalue weighted by Gasteiger charge is -2.42. The van der Waals surface area contributed by atoms with Gasteiger partial charge < -0.3 is 10.5 Å². The molecule has 0 spiro atoms. The Balaban J connectivity index is 2.27. The summed E-state index contributed by atoms with van der Waals surface area (Å²) < 4.78 is 5.34. The normalized spacial score (nSPS) is 18.9. The van der Waals surface area contributed by atoms with E-state index in [4.69, 9.17) is 10.5 Å². The van der Waals surface area contributed by atoms with Crippen molar-refractivity contribution in [2.75, 3.05) is 18.9 Å². The van der Waals surface area contributed by atoms with Gasteiger partial charge in [-0.1, -0.05) is 25.5 Å². The smallest absolute Gasteiger partial charge is 0.0585 e. The van der Waals surface area contributed by atoms with Crippen LogP contribution in [0.25, 0.3) is 0 Å². The van der Waals surface area contributed by atoms with Crippen LogP contribution in [0.15, 0.2) is 24.3 Å². The highest BCUT2D eigenvalue weighted by molar-refractivity contribution is 5.44. The monoisotopic (exact) mass is 191 g/mol. The van der Waals surface area contributed by atoms with Crippen LogP contribution < -0.4 is 5.73 Å². The highest BCUT2D eigenvalue weighted by atomic mass is 16.5. The minimum absolute atomic E-state index is 0.254. The molecule has 0 bridgehead atoms. The average Bonchev–Trinajstić information content (AvgIpc) is 2.11. The van der Waals surface area contributed by atoms with Crippen LogP contribution in [0.5, 0.6) is 0 Å². The van der Waals surface area contributed by atoms with Gasteiger partial charge >= 0.3 is 0 Å². The lowest BCUT2D eigenvalue weighted by Crippen LogP contribution is -2.46. The van der Waals surface area contributed by atoms with Gasteiger partial charge in [0.1, 0.15) is 0 Å². The minimum atomic E-state index is 0.254. The van der Waals surface area contributed by atoms with Crippen LogP contribution in [0.2, 0.25) is 0 Å². The van der Waals surface area contributed by atoms with Crippen LogP contribution in [0.1, 0.15) is 25.3 Å². The topological polar surface area (TPSA) is 35.2 Å². The summed E-state index contributed by atoms with van der Waals surface area (Å²) in [6.45, 7) is 3.92. The molecule has 1 aromatic carbocycles. The minimum Gasteiger partial charge on any atom is -0.399 e. The van der Waals surface area contributed by atoms with Crippen LogP contribution in [0.4, 0.5) is 5.69 Å². The molecule has 0 atom stereocenters. The highest BCUT2D eigenvalue weighted by Crippen LogP contribution is 2.37. The van der Waals surface area contributed by atoms with Gasteiger partial charge in [0.2, 0.25) is 0 Å². The highest BCUT2D eigenvalue weighted by Gasteiger charge is 2.39. The van der Waals surface area contributed by atoms with Gasteiger partial charge in [-0.15, -0.1) is 0 Å². The van der Waals surface area contributed by atoms with Gasteiger partial charge in [0, 0.05) is 11.1 Å². The van der Waals surface area contributed by atoms with Crippen LogP contribution >= 0.6 is 0 Å². The first-order chi connectivity index (χ1) is 6.77. The first-order valence-corrected chi connectivity index (χ1v) is 5.21. The average molecular weight is 191 g/mol. The Hall–Kier alpha value is -1.02. The van der Waals surface area contributed by atoms with E-state index < -0.39 is 0 Å². The predicted molar refractivity (Wildman–Crippen MR) is 58.3 cm³/mol. The molecule has 2 nitrogen and oxygen atoms in total. The van der Waals surface area contributed by atoms with E-state index >= 15 is 0 Å². The lowest BCUT2D eigenvalue weighted by atomic mass is 9.75. The van der Waals surface area contributed by atoms with Gasteiger partial charge in [-0.3, -0.25) is 0 Å². The van der Waals surface area contributed by atoms with E-state index in [2.05, 4.69) is 19.1 Å². The first-order valence-electron chi connectivity index (χ1n) is 5.21. The Bertz CT molecular complexity index is 318. The molecule has 14 heavy (non-hydrogen) atoms. The predicted octanol–water partition coefficient (Wildman–Crippen LogP) is 2.34. The van der Waals surface area contributed by atoms with Crippen molar-refractivity contribution in [3.05, 3.63) is 29.8 Å². The molecule has 0 aromatic heterocycles. The Labute approximate surface area is 85.1 Å². The summed E-state index contributed by atoms with van der Waals surface area (Å²) >= 11 is 0. The zero-order chi connectivity index (χ0) is 10.0. The summed E-state index contributed by atoms with van der Waals surface area (Å²) in [4.78, 5) is 0. The maximum Gasteiger partial charge on any atom is 0.0585 e. The van der Waals surface area contributed by atoms with Crippen LogP contribution in [0, 0.1) is 0 Å². The number of anilines is 1. The number of hydrogen-bond acceptors (Lipinski definition) is 2. The van der Waals surface area contributed by atoms with Crippen LogP contribution in [-0.2, 0) is 10.2 Å². The number of ether oxygens (including phenoxy) is 1. The third-order valence-electron chi connectivity index (χ3n) is 2.98. The van der Waals surface area contributed by atoms with E-state index in [1.807, 2.05) is 12.1 Å². The van der Waals surface area contributed by atoms with Gasteiger partial charge in [-0.2, -0.15) is 0 Å². The molecule has 1 aliphatic rings. The van der Waals surface area contributed by atoms with Crippen molar-refractivity contribution in [2.24, 2.45) is 0 Å². The van der Waals surface area contributed by atoms with Crippen LogP contribution in [0.3, 0.4) is 0 Å². The molecule has 1 heterocycles. The molecular weight excluding hydrogens is 174 g/mol. The summed E-state index contributed by atoms with van der Waals surface area (Å²) in [7, 11) is 0. The number of rotatable bonds is 3. The standard InChI is InChI=1S/C12H17NO/c1-2-6-12(8-14-9-12)10-4-3-5-11(13)7-10/h3-5,7H,2,6,8-9,13H2,1H3. The Morgan fingerprint density at radius 3 is 2.71 bits per heavy atom. The van der Waals surface area contributed by atoms with Gasteiger partial charge in [-0.25, -0.2) is 0 Å². The molecular formula is C12H17NO. The molecule has 2 heteroatoms. The Kier molecular flexibility index (Phi) is 2.46. The van der Waals surface area contributed by atoms with E-state index in [0.29, 0.717) is 0 Å². The zero-order valence-corrected chi connectivity index (χ0v) is 8.62. The Morgan fingerprint density at radius 1 is 1.43 bits per heavy atom. The van der Waals surface area contributed by atoms with Gasteiger partial charge in [0.15, 0.2) is 0 Å². The molecule has 0 aliphatic carbocycles. The Morgan fingerprint density at radius 2 is 2.21 bits per heavy atom. The van der Waals surface area contributed by atoms with Crippen molar-refractivity contribution in [1.82, 2.24) is 0 Å². The van der Waals surface area contributed by atoms with Crippen LogP contribution in [-0.4, -0.2) is 13.2 Å². The van der Waals surface area contributed by atoms with E-state index in [-0.39, 0.29) is 5.41 Å². The summed E-state index contributed by atoms with van der Waals surface area (Å²) in [5.74, 6) is 0. The molecule has 0 unspecified atom stereocenters. The molecule has 1 fully saturated rings. The number of nitrogen functional groups attached to an aromatic ring is 1. The molecule has 0 radical (unpaired) electrons. The first kappa shape index (κ1) is 9.53. The maximum atomic E-state index is 5.79.